The van der Waals surface area contributed by atoms with Crippen molar-refractivity contribution in [3.05, 3.63) is 29.2 Å². The van der Waals surface area contributed by atoms with Crippen LogP contribution in [0.2, 0.25) is 0 Å². The van der Waals surface area contributed by atoms with Crippen LogP contribution in [0, 0.1) is 12.3 Å². The predicted molar refractivity (Wildman–Crippen MR) is 150 cm³/mol. The average molecular weight is 541 g/mol. The van der Waals surface area contributed by atoms with Crippen LogP contribution in [0.5, 0.6) is 0 Å². The number of nitrogens with one attached hydrogen (secondary N) is 2. The lowest BCUT2D eigenvalue weighted by Gasteiger charge is -2.22. The highest BCUT2D eigenvalue weighted by atomic mass is 16.6. The topological polar surface area (TPSA) is 112 Å². The third-order valence-corrected chi connectivity index (χ3v) is 6.61. The predicted octanol–water partition coefficient (Wildman–Crippen LogP) is 5.10. The molecule has 0 aliphatic heterocycles. The van der Waals surface area contributed by atoms with Crippen LogP contribution in [0.25, 0.3) is 0 Å². The number of carbonyl (C=O) groups is 2. The van der Waals surface area contributed by atoms with Gasteiger partial charge in [0, 0.05) is 38.1 Å². The molecule has 2 N–H and O–H groups in total. The summed E-state index contributed by atoms with van der Waals surface area (Å²) in [4.78, 5) is 25.3. The molecule has 0 spiro atoms. The Hall–Kier alpha value is -3.32. The van der Waals surface area contributed by atoms with E-state index in [1.165, 1.54) is 0 Å². The number of unbranched alkanes of at least 4 members (excludes halogenated alkanes) is 3. The second-order valence-corrected chi connectivity index (χ2v) is 11.5. The Kier molecular flexibility index (Phi) is 10.6. The molecule has 39 heavy (non-hydrogen) atoms. The zero-order valence-corrected chi connectivity index (χ0v) is 24.2. The van der Waals surface area contributed by atoms with Crippen molar-refractivity contribution < 1.29 is 19.1 Å². The summed E-state index contributed by atoms with van der Waals surface area (Å²) < 4.78 is 14.7. The fraction of sp³-hybridized carbons (Fsp3) is 0.655. The molecular weight excluding hydrogens is 496 g/mol. The normalized spacial score (nSPS) is 17.3. The summed E-state index contributed by atoms with van der Waals surface area (Å²) in [6.45, 7) is 10.9. The van der Waals surface area contributed by atoms with E-state index in [0.717, 1.165) is 44.2 Å². The van der Waals surface area contributed by atoms with Gasteiger partial charge in [0.15, 0.2) is 0 Å². The molecule has 0 radical (unpaired) electrons. The van der Waals surface area contributed by atoms with Gasteiger partial charge in [-0.3, -0.25) is 9.48 Å². The first-order valence-electron chi connectivity index (χ1n) is 13.9. The SMILES string of the molecule is C#CCCCCCOCc1cc(C(=O)Nc2cc([C@H]3CC[C@@H](OC(=O)NC(C)C)C3)nn2C(C)(C)C)n(C)n1. The molecule has 214 valence electrons. The van der Waals surface area contributed by atoms with E-state index in [1.54, 1.807) is 17.8 Å². The van der Waals surface area contributed by atoms with E-state index in [-0.39, 0.29) is 35.6 Å². The Morgan fingerprint density at radius 3 is 2.64 bits per heavy atom. The quantitative estimate of drug-likeness (QED) is 0.286. The van der Waals surface area contributed by atoms with Gasteiger partial charge in [-0.2, -0.15) is 10.2 Å². The lowest BCUT2D eigenvalue weighted by Crippen LogP contribution is -2.33. The van der Waals surface area contributed by atoms with Crippen molar-refractivity contribution in [1.29, 1.82) is 0 Å². The molecule has 1 aliphatic rings. The fourth-order valence-corrected chi connectivity index (χ4v) is 4.71. The Labute approximate surface area is 232 Å². The molecule has 2 aromatic rings. The maximum absolute atomic E-state index is 13.3. The standard InChI is InChI=1S/C29H44N6O4/c1-8-9-10-11-12-15-38-19-22-17-25(34(7)32-22)27(36)31-26-18-24(33-35(26)29(4,5)6)21-13-14-23(16-21)39-28(37)30-20(2)3/h1,17-18,20-21,23H,9-16,19H2,2-7H3,(H,30,37)(H,31,36)/t21-,23+/m0/s1. The zero-order chi connectivity index (χ0) is 28.6. The Balaban J connectivity index is 1.63. The average Bonchev–Trinajstić information content (AvgIpc) is 3.56. The van der Waals surface area contributed by atoms with E-state index in [2.05, 4.69) is 21.7 Å². The number of ether oxygens (including phenoxy) is 2. The van der Waals surface area contributed by atoms with Crippen LogP contribution in [-0.2, 0) is 28.7 Å². The molecule has 0 unspecified atom stereocenters. The summed E-state index contributed by atoms with van der Waals surface area (Å²) in [6, 6.07) is 3.72. The minimum atomic E-state index is -0.384. The van der Waals surface area contributed by atoms with Gasteiger partial charge in [0.1, 0.15) is 17.6 Å². The number of alkyl carbamates (subject to hydrolysis) is 1. The number of hydrogen-bond acceptors (Lipinski definition) is 6. The van der Waals surface area contributed by atoms with Crippen molar-refractivity contribution in [3.63, 3.8) is 0 Å². The first-order valence-corrected chi connectivity index (χ1v) is 13.9. The van der Waals surface area contributed by atoms with Gasteiger partial charge < -0.3 is 20.1 Å². The van der Waals surface area contributed by atoms with Crippen LogP contribution in [0.4, 0.5) is 10.6 Å². The van der Waals surface area contributed by atoms with Gasteiger partial charge in [-0.1, -0.05) is 6.42 Å². The van der Waals surface area contributed by atoms with Crippen molar-refractivity contribution in [2.75, 3.05) is 11.9 Å². The maximum atomic E-state index is 13.3. The lowest BCUT2D eigenvalue weighted by molar-refractivity contribution is 0.0979. The lowest BCUT2D eigenvalue weighted by atomic mass is 10.0. The molecular formula is C29H44N6O4. The highest BCUT2D eigenvalue weighted by Gasteiger charge is 2.32. The Morgan fingerprint density at radius 1 is 1.18 bits per heavy atom. The molecule has 3 rings (SSSR count). The van der Waals surface area contributed by atoms with E-state index in [4.69, 9.17) is 21.0 Å². The van der Waals surface area contributed by atoms with Gasteiger partial charge in [-0.25, -0.2) is 9.48 Å². The second kappa shape index (κ2) is 13.7. The van der Waals surface area contributed by atoms with E-state index >= 15 is 0 Å². The summed E-state index contributed by atoms with van der Waals surface area (Å²) in [7, 11) is 1.75. The van der Waals surface area contributed by atoms with Gasteiger partial charge in [-0.15, -0.1) is 12.3 Å². The minimum Gasteiger partial charge on any atom is -0.446 e. The van der Waals surface area contributed by atoms with E-state index in [1.807, 2.05) is 45.4 Å². The van der Waals surface area contributed by atoms with Gasteiger partial charge in [0.2, 0.25) is 0 Å². The number of amides is 2. The summed E-state index contributed by atoms with van der Waals surface area (Å²) in [6.07, 6.45) is 10.9. The molecule has 10 nitrogen and oxygen atoms in total. The third-order valence-electron chi connectivity index (χ3n) is 6.61. The van der Waals surface area contributed by atoms with E-state index in [9.17, 15) is 9.59 Å². The van der Waals surface area contributed by atoms with Gasteiger partial charge >= 0.3 is 6.09 Å². The molecule has 10 heteroatoms. The summed E-state index contributed by atoms with van der Waals surface area (Å²) in [5.74, 6) is 3.15. The molecule has 2 aromatic heterocycles. The van der Waals surface area contributed by atoms with Crippen molar-refractivity contribution in [1.82, 2.24) is 24.9 Å². The van der Waals surface area contributed by atoms with Crippen molar-refractivity contribution in [2.24, 2.45) is 7.05 Å². The molecule has 2 heterocycles. The minimum absolute atomic E-state index is 0.0286. The second-order valence-electron chi connectivity index (χ2n) is 11.5. The number of rotatable bonds is 12. The number of terminal acetylenes is 1. The van der Waals surface area contributed by atoms with Crippen molar-refractivity contribution in [3.8, 4) is 12.3 Å². The Morgan fingerprint density at radius 2 is 1.95 bits per heavy atom. The van der Waals surface area contributed by atoms with Crippen LogP contribution >= 0.6 is 0 Å². The molecule has 1 aliphatic carbocycles. The number of hydrogen-bond donors (Lipinski definition) is 2. The fourth-order valence-electron chi connectivity index (χ4n) is 4.71. The zero-order valence-electron chi connectivity index (χ0n) is 24.2. The molecule has 2 atom stereocenters. The summed E-state index contributed by atoms with van der Waals surface area (Å²) in [5.41, 5.74) is 1.68. The third kappa shape index (κ3) is 8.85. The molecule has 0 bridgehead atoms. The van der Waals surface area contributed by atoms with Crippen LogP contribution < -0.4 is 10.6 Å². The highest BCUT2D eigenvalue weighted by Crippen LogP contribution is 2.37. The van der Waals surface area contributed by atoms with E-state index in [0.29, 0.717) is 36.8 Å². The monoisotopic (exact) mass is 540 g/mol. The van der Waals surface area contributed by atoms with Crippen LogP contribution in [0.15, 0.2) is 12.1 Å². The summed E-state index contributed by atoms with van der Waals surface area (Å²) in [5, 5.41) is 15.1. The van der Waals surface area contributed by atoms with Crippen LogP contribution in [-0.4, -0.2) is 50.3 Å². The number of anilines is 1. The maximum Gasteiger partial charge on any atom is 0.407 e. The van der Waals surface area contributed by atoms with Crippen molar-refractivity contribution in [2.45, 2.75) is 110 Å². The van der Waals surface area contributed by atoms with Crippen LogP contribution in [0.1, 0.15) is 107 Å². The van der Waals surface area contributed by atoms with Crippen LogP contribution in [0.3, 0.4) is 0 Å². The number of aromatic nitrogens is 4. The van der Waals surface area contributed by atoms with Gasteiger partial charge in [0.25, 0.3) is 5.91 Å². The highest BCUT2D eigenvalue weighted by molar-refractivity contribution is 6.02. The smallest absolute Gasteiger partial charge is 0.407 e. The number of carbonyl (C=O) groups excluding carboxylic acids is 2. The number of aryl methyl sites for hydroxylation is 1. The van der Waals surface area contributed by atoms with Gasteiger partial charge in [-0.05, 0) is 72.8 Å². The Bertz CT molecular complexity index is 1150. The largest absolute Gasteiger partial charge is 0.446 e. The molecule has 0 aromatic carbocycles. The summed E-state index contributed by atoms with van der Waals surface area (Å²) >= 11 is 0. The molecule has 0 saturated heterocycles. The molecule has 1 fully saturated rings. The first-order chi connectivity index (χ1) is 18.5. The van der Waals surface area contributed by atoms with Gasteiger partial charge in [0.05, 0.1) is 23.5 Å². The molecule has 1 saturated carbocycles. The molecule has 2 amide bonds. The van der Waals surface area contributed by atoms with Crippen molar-refractivity contribution >= 4 is 17.8 Å². The van der Waals surface area contributed by atoms with E-state index < -0.39 is 0 Å². The first kappa shape index (κ1) is 30.2. The number of nitrogens with zero attached hydrogens (tertiary/aromatic N) is 4.